The van der Waals surface area contributed by atoms with Gasteiger partial charge in [0, 0.05) is 45.1 Å². The van der Waals surface area contributed by atoms with Gasteiger partial charge in [0.1, 0.15) is 16.9 Å². The van der Waals surface area contributed by atoms with Gasteiger partial charge in [-0.1, -0.05) is 6.92 Å². The third-order valence-electron chi connectivity index (χ3n) is 6.00. The Hall–Kier alpha value is -4.37. The van der Waals surface area contributed by atoms with Crippen molar-refractivity contribution in [2.75, 3.05) is 5.32 Å². The van der Waals surface area contributed by atoms with Crippen LogP contribution in [0.3, 0.4) is 0 Å². The van der Waals surface area contributed by atoms with E-state index in [0.717, 1.165) is 56.7 Å². The number of amides is 1. The van der Waals surface area contributed by atoms with Crippen molar-refractivity contribution in [3.05, 3.63) is 65.9 Å². The van der Waals surface area contributed by atoms with Gasteiger partial charge in [0.25, 0.3) is 0 Å². The number of carbonyl (C=O) groups is 1. The van der Waals surface area contributed by atoms with Crippen LogP contribution in [-0.2, 0) is 4.79 Å². The number of fused-ring (bicyclic) bond motifs is 2. The van der Waals surface area contributed by atoms with Crippen molar-refractivity contribution in [3.8, 4) is 33.1 Å². The third-order valence-corrected chi connectivity index (χ3v) is 7.03. The number of carbonyl (C=O) groups excluding carboxylic acids is 1. The van der Waals surface area contributed by atoms with E-state index in [9.17, 15) is 4.79 Å². The molecule has 6 heterocycles. The summed E-state index contributed by atoms with van der Waals surface area (Å²) in [5, 5.41) is 11.6. The topological polar surface area (TPSA) is 112 Å². The lowest BCUT2D eigenvalue weighted by Crippen LogP contribution is -2.10. The molecule has 6 aromatic heterocycles. The Bertz CT molecular complexity index is 1730. The number of hydrogen-bond acceptors (Lipinski definition) is 6. The summed E-state index contributed by atoms with van der Waals surface area (Å²) in [7, 11) is 0. The molecule has 0 aliphatic carbocycles. The SMILES string of the molecule is CCCC(=O)Nc1cncc(-c2ccc3[nH]nc(-c4cc5c(-c6ccc(C)s6)ccnc5[nH]4)c3n2)c1. The first-order chi connectivity index (χ1) is 17.6. The van der Waals surface area contributed by atoms with E-state index < -0.39 is 0 Å². The van der Waals surface area contributed by atoms with Crippen LogP contribution < -0.4 is 5.32 Å². The van der Waals surface area contributed by atoms with E-state index >= 15 is 0 Å². The molecular weight excluding hydrogens is 470 g/mol. The fourth-order valence-corrected chi connectivity index (χ4v) is 5.20. The second-order valence-electron chi connectivity index (χ2n) is 8.64. The van der Waals surface area contributed by atoms with Crippen LogP contribution in [0.25, 0.3) is 55.2 Å². The first kappa shape index (κ1) is 22.1. The minimum Gasteiger partial charge on any atom is -0.338 e. The summed E-state index contributed by atoms with van der Waals surface area (Å²) >= 11 is 1.76. The molecule has 6 rings (SSSR count). The van der Waals surface area contributed by atoms with Gasteiger partial charge in [-0.3, -0.25) is 14.9 Å². The van der Waals surface area contributed by atoms with Crippen LogP contribution in [0.2, 0.25) is 0 Å². The molecule has 0 spiro atoms. The maximum absolute atomic E-state index is 12.0. The van der Waals surface area contributed by atoms with E-state index in [2.05, 4.69) is 55.6 Å². The number of aromatic amines is 2. The maximum atomic E-state index is 12.0. The Morgan fingerprint density at radius 3 is 2.86 bits per heavy atom. The number of rotatable bonds is 6. The average Bonchev–Trinajstić information content (AvgIpc) is 3.61. The molecule has 0 atom stereocenters. The highest BCUT2D eigenvalue weighted by atomic mass is 32.1. The van der Waals surface area contributed by atoms with Gasteiger partial charge in [-0.15, -0.1) is 11.3 Å². The maximum Gasteiger partial charge on any atom is 0.224 e. The van der Waals surface area contributed by atoms with Gasteiger partial charge in [-0.2, -0.15) is 5.10 Å². The molecule has 9 heteroatoms. The first-order valence-electron chi connectivity index (χ1n) is 11.7. The van der Waals surface area contributed by atoms with Crippen LogP contribution in [0.4, 0.5) is 5.69 Å². The largest absolute Gasteiger partial charge is 0.338 e. The van der Waals surface area contributed by atoms with Crippen molar-refractivity contribution in [3.63, 3.8) is 0 Å². The van der Waals surface area contributed by atoms with Crippen molar-refractivity contribution in [1.82, 2.24) is 30.1 Å². The highest BCUT2D eigenvalue weighted by molar-refractivity contribution is 7.15. The zero-order valence-electron chi connectivity index (χ0n) is 19.8. The van der Waals surface area contributed by atoms with Crippen LogP contribution >= 0.6 is 11.3 Å². The molecule has 0 radical (unpaired) electrons. The van der Waals surface area contributed by atoms with Crippen LogP contribution in [0, 0.1) is 6.92 Å². The molecule has 6 aromatic rings. The molecule has 36 heavy (non-hydrogen) atoms. The van der Waals surface area contributed by atoms with Gasteiger partial charge >= 0.3 is 0 Å². The van der Waals surface area contributed by atoms with Gasteiger partial charge in [0.2, 0.25) is 5.91 Å². The Morgan fingerprint density at radius 2 is 2.03 bits per heavy atom. The minimum atomic E-state index is -0.0264. The average molecular weight is 494 g/mol. The lowest BCUT2D eigenvalue weighted by molar-refractivity contribution is -0.116. The van der Waals surface area contributed by atoms with Crippen LogP contribution in [0.5, 0.6) is 0 Å². The summed E-state index contributed by atoms with van der Waals surface area (Å²) in [5.41, 5.74) is 7.29. The fourth-order valence-electron chi connectivity index (χ4n) is 4.30. The molecule has 0 bridgehead atoms. The molecule has 0 saturated heterocycles. The van der Waals surface area contributed by atoms with Gasteiger partial charge in [-0.05, 0) is 55.8 Å². The quantitative estimate of drug-likeness (QED) is 0.251. The Morgan fingerprint density at radius 1 is 1.11 bits per heavy atom. The van der Waals surface area contributed by atoms with Gasteiger partial charge in [0.05, 0.1) is 28.8 Å². The number of pyridine rings is 3. The molecule has 0 unspecified atom stereocenters. The summed E-state index contributed by atoms with van der Waals surface area (Å²) in [5.74, 6) is -0.0264. The highest BCUT2D eigenvalue weighted by Gasteiger charge is 2.16. The molecule has 0 aromatic carbocycles. The van der Waals surface area contributed by atoms with E-state index in [-0.39, 0.29) is 5.91 Å². The number of nitrogens with zero attached hydrogens (tertiary/aromatic N) is 4. The second kappa shape index (κ2) is 9.01. The third kappa shape index (κ3) is 4.03. The number of nitrogens with one attached hydrogen (secondary N) is 3. The molecule has 0 aliphatic heterocycles. The minimum absolute atomic E-state index is 0.0264. The molecule has 0 aliphatic rings. The number of anilines is 1. The normalized spacial score (nSPS) is 11.4. The lowest BCUT2D eigenvalue weighted by atomic mass is 10.1. The van der Waals surface area contributed by atoms with Crippen LogP contribution in [0.1, 0.15) is 24.6 Å². The molecular formula is C27H23N7OS. The van der Waals surface area contributed by atoms with E-state index in [1.807, 2.05) is 37.4 Å². The predicted octanol–water partition coefficient (Wildman–Crippen LogP) is 6.34. The van der Waals surface area contributed by atoms with Crippen molar-refractivity contribution in [2.24, 2.45) is 0 Å². The van der Waals surface area contributed by atoms with Gasteiger partial charge < -0.3 is 10.3 Å². The molecule has 0 saturated carbocycles. The van der Waals surface area contributed by atoms with Crippen molar-refractivity contribution >= 4 is 45.0 Å². The van der Waals surface area contributed by atoms with Gasteiger partial charge in [-0.25, -0.2) is 9.97 Å². The molecule has 3 N–H and O–H groups in total. The standard InChI is InChI=1S/C27H23N7OS/c1-3-4-24(35)30-17-11-16(13-28-14-17)20-6-7-21-25(31-20)26(34-33-21)22-12-19-18(9-10-29-27(19)32-22)23-8-5-15(2)36-23/h5-14H,3-4H2,1-2H3,(H,29,32)(H,30,35)(H,33,34). The second-order valence-corrected chi connectivity index (χ2v) is 9.93. The summed E-state index contributed by atoms with van der Waals surface area (Å²) < 4.78 is 0. The van der Waals surface area contributed by atoms with Crippen molar-refractivity contribution in [1.29, 1.82) is 0 Å². The summed E-state index contributed by atoms with van der Waals surface area (Å²) in [6.07, 6.45) is 6.47. The molecule has 0 fully saturated rings. The van der Waals surface area contributed by atoms with Crippen molar-refractivity contribution < 1.29 is 4.79 Å². The highest BCUT2D eigenvalue weighted by Crippen LogP contribution is 2.36. The zero-order valence-corrected chi connectivity index (χ0v) is 20.6. The number of H-pyrrole nitrogens is 2. The smallest absolute Gasteiger partial charge is 0.224 e. The zero-order chi connectivity index (χ0) is 24.6. The molecule has 8 nitrogen and oxygen atoms in total. The molecule has 178 valence electrons. The van der Waals surface area contributed by atoms with E-state index in [4.69, 9.17) is 4.98 Å². The summed E-state index contributed by atoms with van der Waals surface area (Å²) in [4.78, 5) is 31.7. The molecule has 1 amide bonds. The number of thiophene rings is 1. The van der Waals surface area contributed by atoms with E-state index in [1.165, 1.54) is 9.75 Å². The number of aromatic nitrogens is 6. The number of hydrogen-bond donors (Lipinski definition) is 3. The summed E-state index contributed by atoms with van der Waals surface area (Å²) in [6, 6.07) is 14.2. The number of aryl methyl sites for hydroxylation is 1. The Labute approximate surface area is 210 Å². The predicted molar refractivity (Wildman–Crippen MR) is 144 cm³/mol. The van der Waals surface area contributed by atoms with Crippen LogP contribution in [-0.4, -0.2) is 36.0 Å². The lowest BCUT2D eigenvalue weighted by Gasteiger charge is -2.06. The van der Waals surface area contributed by atoms with Gasteiger partial charge in [0.15, 0.2) is 0 Å². The summed E-state index contributed by atoms with van der Waals surface area (Å²) in [6.45, 7) is 4.08. The monoisotopic (exact) mass is 493 g/mol. The van der Waals surface area contributed by atoms with Crippen molar-refractivity contribution in [2.45, 2.75) is 26.7 Å². The first-order valence-corrected chi connectivity index (χ1v) is 12.6. The Balaban J connectivity index is 1.40. The van der Waals surface area contributed by atoms with E-state index in [0.29, 0.717) is 12.1 Å². The Kier molecular flexibility index (Phi) is 5.54. The van der Waals surface area contributed by atoms with Crippen LogP contribution in [0.15, 0.2) is 61.1 Å². The van der Waals surface area contributed by atoms with E-state index in [1.54, 1.807) is 23.7 Å². The fraction of sp³-hybridized carbons (Fsp3) is 0.148.